The lowest BCUT2D eigenvalue weighted by Gasteiger charge is -2.25. The van der Waals surface area contributed by atoms with Crippen LogP contribution in [0.4, 0.5) is 5.69 Å². The molecule has 0 atom stereocenters. The Bertz CT molecular complexity index is 465. The molecular formula is C12H18BrNO2S. The van der Waals surface area contributed by atoms with Gasteiger partial charge in [0.15, 0.2) is 0 Å². The number of aryl methyl sites for hydroxylation is 2. The number of hydrogen-bond donors (Lipinski definition) is 0. The average Bonchev–Trinajstić information content (AvgIpc) is 2.20. The van der Waals surface area contributed by atoms with E-state index in [0.29, 0.717) is 6.54 Å². The molecule has 17 heavy (non-hydrogen) atoms. The van der Waals surface area contributed by atoms with Crippen molar-refractivity contribution >= 4 is 31.6 Å². The molecule has 0 aliphatic carbocycles. The molecule has 0 aliphatic heterocycles. The minimum absolute atomic E-state index is 0.510. The van der Waals surface area contributed by atoms with Crippen molar-refractivity contribution in [3.05, 3.63) is 29.3 Å². The van der Waals surface area contributed by atoms with Crippen molar-refractivity contribution in [2.45, 2.75) is 20.3 Å². The molecule has 0 N–H and O–H groups in total. The summed E-state index contributed by atoms with van der Waals surface area (Å²) in [6, 6.07) is 5.82. The van der Waals surface area contributed by atoms with Crippen LogP contribution in [0, 0.1) is 13.8 Å². The average molecular weight is 320 g/mol. The van der Waals surface area contributed by atoms with Gasteiger partial charge in [0.2, 0.25) is 10.0 Å². The molecule has 5 heteroatoms. The smallest absolute Gasteiger partial charge is 0.232 e. The van der Waals surface area contributed by atoms with Gasteiger partial charge >= 0.3 is 0 Å². The SMILES string of the molecule is Cc1cccc(C)c1N(CCCBr)S(C)(=O)=O. The van der Waals surface area contributed by atoms with Crippen molar-refractivity contribution in [2.75, 3.05) is 22.4 Å². The summed E-state index contributed by atoms with van der Waals surface area (Å²) >= 11 is 3.33. The van der Waals surface area contributed by atoms with Crippen LogP contribution >= 0.6 is 15.9 Å². The highest BCUT2D eigenvalue weighted by atomic mass is 79.9. The Hall–Kier alpha value is -0.550. The number of alkyl halides is 1. The highest BCUT2D eigenvalue weighted by Crippen LogP contribution is 2.26. The van der Waals surface area contributed by atoms with E-state index in [0.717, 1.165) is 28.6 Å². The fraction of sp³-hybridized carbons (Fsp3) is 0.500. The molecular weight excluding hydrogens is 302 g/mol. The molecule has 1 aromatic carbocycles. The lowest BCUT2D eigenvalue weighted by Crippen LogP contribution is -2.32. The maximum absolute atomic E-state index is 11.9. The number of sulfonamides is 1. The van der Waals surface area contributed by atoms with Crippen molar-refractivity contribution in [2.24, 2.45) is 0 Å². The molecule has 0 aromatic heterocycles. The summed E-state index contributed by atoms with van der Waals surface area (Å²) in [7, 11) is -3.22. The first-order chi connectivity index (χ1) is 7.88. The lowest BCUT2D eigenvalue weighted by molar-refractivity contribution is 0.596. The molecule has 0 saturated carbocycles. The Labute approximate surface area is 112 Å². The van der Waals surface area contributed by atoms with E-state index < -0.39 is 10.0 Å². The third kappa shape index (κ3) is 3.71. The largest absolute Gasteiger partial charge is 0.270 e. The zero-order valence-electron chi connectivity index (χ0n) is 10.4. The summed E-state index contributed by atoms with van der Waals surface area (Å²) in [5, 5.41) is 0.796. The van der Waals surface area contributed by atoms with Crippen molar-refractivity contribution in [3.63, 3.8) is 0 Å². The quantitative estimate of drug-likeness (QED) is 0.783. The zero-order valence-corrected chi connectivity index (χ0v) is 12.8. The number of anilines is 1. The number of rotatable bonds is 5. The Balaban J connectivity index is 3.22. The number of nitrogens with zero attached hydrogens (tertiary/aromatic N) is 1. The second-order valence-corrected chi connectivity index (χ2v) is 6.82. The minimum atomic E-state index is -3.22. The summed E-state index contributed by atoms with van der Waals surface area (Å²) in [5.41, 5.74) is 2.80. The van der Waals surface area contributed by atoms with Crippen molar-refractivity contribution in [1.29, 1.82) is 0 Å². The first-order valence-corrected chi connectivity index (χ1v) is 8.45. The van der Waals surface area contributed by atoms with Gasteiger partial charge in [-0.15, -0.1) is 0 Å². The van der Waals surface area contributed by atoms with E-state index in [2.05, 4.69) is 15.9 Å². The Morgan fingerprint density at radius 1 is 1.24 bits per heavy atom. The van der Waals surface area contributed by atoms with E-state index in [1.54, 1.807) is 0 Å². The summed E-state index contributed by atoms with van der Waals surface area (Å²) in [6.07, 6.45) is 2.05. The topological polar surface area (TPSA) is 37.4 Å². The first kappa shape index (κ1) is 14.5. The van der Waals surface area contributed by atoms with Crippen LogP contribution in [-0.2, 0) is 10.0 Å². The monoisotopic (exact) mass is 319 g/mol. The molecule has 1 rings (SSSR count). The molecule has 96 valence electrons. The maximum Gasteiger partial charge on any atom is 0.232 e. The minimum Gasteiger partial charge on any atom is -0.270 e. The number of para-hydroxylation sites is 1. The van der Waals surface area contributed by atoms with Crippen LogP contribution in [0.3, 0.4) is 0 Å². The standard InChI is InChI=1S/C12H18BrNO2S/c1-10-6-4-7-11(2)12(10)14(9-5-8-13)17(3,15)16/h4,6-7H,5,8-9H2,1-3H3. The van der Waals surface area contributed by atoms with E-state index in [9.17, 15) is 8.42 Å². The van der Waals surface area contributed by atoms with Crippen LogP contribution in [-0.4, -0.2) is 26.5 Å². The molecule has 0 radical (unpaired) electrons. The molecule has 3 nitrogen and oxygen atoms in total. The van der Waals surface area contributed by atoms with Gasteiger partial charge < -0.3 is 0 Å². The Kier molecular flexibility index (Phi) is 5.01. The van der Waals surface area contributed by atoms with Crippen LogP contribution in [0.2, 0.25) is 0 Å². The predicted molar refractivity (Wildman–Crippen MR) is 76.5 cm³/mol. The van der Waals surface area contributed by atoms with E-state index in [1.807, 2.05) is 32.0 Å². The first-order valence-electron chi connectivity index (χ1n) is 5.48. The molecule has 0 saturated heterocycles. The summed E-state index contributed by atoms with van der Waals surface area (Å²) in [4.78, 5) is 0. The highest BCUT2D eigenvalue weighted by Gasteiger charge is 2.20. The zero-order chi connectivity index (χ0) is 13.1. The second-order valence-electron chi connectivity index (χ2n) is 4.12. The molecule has 0 bridgehead atoms. The lowest BCUT2D eigenvalue weighted by atomic mass is 10.1. The fourth-order valence-corrected chi connectivity index (χ4v) is 3.18. The van der Waals surface area contributed by atoms with Gasteiger partial charge in [-0.05, 0) is 31.4 Å². The maximum atomic E-state index is 11.9. The highest BCUT2D eigenvalue weighted by molar-refractivity contribution is 9.09. The van der Waals surface area contributed by atoms with Crippen molar-refractivity contribution in [3.8, 4) is 0 Å². The summed E-state index contributed by atoms with van der Waals surface area (Å²) in [5.74, 6) is 0. The van der Waals surface area contributed by atoms with E-state index in [4.69, 9.17) is 0 Å². The van der Waals surface area contributed by atoms with Gasteiger partial charge in [-0.2, -0.15) is 0 Å². The van der Waals surface area contributed by atoms with Gasteiger partial charge in [-0.1, -0.05) is 34.1 Å². The molecule has 0 fully saturated rings. The molecule has 0 unspecified atom stereocenters. The van der Waals surface area contributed by atoms with Gasteiger partial charge in [-0.3, -0.25) is 4.31 Å². The van der Waals surface area contributed by atoms with Gasteiger partial charge in [0, 0.05) is 11.9 Å². The van der Waals surface area contributed by atoms with Crippen LogP contribution in [0.15, 0.2) is 18.2 Å². The number of halogens is 1. The van der Waals surface area contributed by atoms with E-state index in [1.165, 1.54) is 10.6 Å². The van der Waals surface area contributed by atoms with Gasteiger partial charge in [0.05, 0.1) is 11.9 Å². The normalized spacial score (nSPS) is 11.5. The Morgan fingerprint density at radius 3 is 2.18 bits per heavy atom. The van der Waals surface area contributed by atoms with Crippen LogP contribution in [0.25, 0.3) is 0 Å². The van der Waals surface area contributed by atoms with Gasteiger partial charge in [-0.25, -0.2) is 8.42 Å². The van der Waals surface area contributed by atoms with E-state index >= 15 is 0 Å². The fourth-order valence-electron chi connectivity index (χ4n) is 1.85. The molecule has 0 heterocycles. The molecule has 0 spiro atoms. The van der Waals surface area contributed by atoms with Crippen LogP contribution < -0.4 is 4.31 Å². The Morgan fingerprint density at radius 2 is 1.76 bits per heavy atom. The molecule has 0 amide bonds. The van der Waals surface area contributed by atoms with Crippen LogP contribution in [0.5, 0.6) is 0 Å². The molecule has 0 aliphatic rings. The third-order valence-electron chi connectivity index (χ3n) is 2.58. The second kappa shape index (κ2) is 5.87. The number of hydrogen-bond acceptors (Lipinski definition) is 2. The number of benzene rings is 1. The summed E-state index contributed by atoms with van der Waals surface area (Å²) < 4.78 is 25.2. The van der Waals surface area contributed by atoms with Gasteiger partial charge in [0.1, 0.15) is 0 Å². The van der Waals surface area contributed by atoms with Crippen molar-refractivity contribution in [1.82, 2.24) is 0 Å². The third-order valence-corrected chi connectivity index (χ3v) is 4.31. The molecule has 1 aromatic rings. The van der Waals surface area contributed by atoms with E-state index in [-0.39, 0.29) is 0 Å². The van der Waals surface area contributed by atoms with Crippen LogP contribution in [0.1, 0.15) is 17.5 Å². The predicted octanol–water partition coefficient (Wildman–Crippen LogP) is 2.85. The summed E-state index contributed by atoms with van der Waals surface area (Å²) in [6.45, 7) is 4.39. The van der Waals surface area contributed by atoms with Crippen molar-refractivity contribution < 1.29 is 8.42 Å². The van der Waals surface area contributed by atoms with Gasteiger partial charge in [0.25, 0.3) is 0 Å².